The van der Waals surface area contributed by atoms with E-state index >= 15 is 0 Å². The average molecular weight is 394 g/mol. The Balaban J connectivity index is 2.08. The number of carbonyl (C=O) groups excluding carboxylic acids is 1. The lowest BCUT2D eigenvalue weighted by Crippen LogP contribution is -2.36. The zero-order valence-corrected chi connectivity index (χ0v) is 16.9. The molecule has 2 heterocycles. The lowest BCUT2D eigenvalue weighted by Gasteiger charge is -2.27. The fourth-order valence-corrected chi connectivity index (χ4v) is 3.87. The lowest BCUT2D eigenvalue weighted by molar-refractivity contribution is 0.0722. The molecule has 0 aliphatic carbocycles. The Morgan fingerprint density at radius 1 is 1.12 bits per heavy atom. The first-order valence-electron chi connectivity index (χ1n) is 9.42. The molecule has 0 atom stereocenters. The van der Waals surface area contributed by atoms with Crippen LogP contribution in [-0.2, 0) is 12.8 Å². The first-order chi connectivity index (χ1) is 12.6. The summed E-state index contributed by atoms with van der Waals surface area (Å²) in [6.07, 6.45) is 5.83. The number of piperidine rings is 1. The minimum atomic E-state index is 0.122. The quantitative estimate of drug-likeness (QED) is 0.688. The van der Waals surface area contributed by atoms with E-state index in [1.54, 1.807) is 12.1 Å². The molecule has 3 rings (SSSR count). The van der Waals surface area contributed by atoms with Gasteiger partial charge in [0, 0.05) is 13.1 Å². The summed E-state index contributed by atoms with van der Waals surface area (Å²) >= 11 is 12.3. The van der Waals surface area contributed by atoms with Crippen molar-refractivity contribution in [2.75, 3.05) is 13.1 Å². The maximum absolute atomic E-state index is 13.3. The van der Waals surface area contributed by atoms with E-state index in [0.717, 1.165) is 67.8 Å². The van der Waals surface area contributed by atoms with Crippen LogP contribution in [0.25, 0.3) is 5.69 Å². The number of hydrogen-bond donors (Lipinski definition) is 0. The van der Waals surface area contributed by atoms with Gasteiger partial charge >= 0.3 is 0 Å². The van der Waals surface area contributed by atoms with Crippen LogP contribution in [0.4, 0.5) is 0 Å². The van der Waals surface area contributed by atoms with Crippen molar-refractivity contribution < 1.29 is 4.79 Å². The van der Waals surface area contributed by atoms with Gasteiger partial charge in [0.15, 0.2) is 0 Å². The largest absolute Gasteiger partial charge is 0.339 e. The van der Waals surface area contributed by atoms with Crippen LogP contribution in [-0.4, -0.2) is 33.7 Å². The highest BCUT2D eigenvalue weighted by Crippen LogP contribution is 2.28. The number of aryl methyl sites for hydroxylation is 1. The predicted molar refractivity (Wildman–Crippen MR) is 107 cm³/mol. The van der Waals surface area contributed by atoms with E-state index < -0.39 is 0 Å². The second kappa shape index (κ2) is 8.45. The smallest absolute Gasteiger partial charge is 0.257 e. The van der Waals surface area contributed by atoms with Crippen LogP contribution in [0.2, 0.25) is 10.0 Å². The molecule has 0 bridgehead atoms. The summed E-state index contributed by atoms with van der Waals surface area (Å²) in [6, 6.07) is 5.47. The molecule has 26 heavy (non-hydrogen) atoms. The van der Waals surface area contributed by atoms with E-state index in [9.17, 15) is 4.79 Å². The molecule has 2 aromatic rings. The van der Waals surface area contributed by atoms with E-state index in [0.29, 0.717) is 10.0 Å². The van der Waals surface area contributed by atoms with Crippen LogP contribution < -0.4 is 0 Å². The third-order valence-electron chi connectivity index (χ3n) is 4.88. The predicted octanol–water partition coefficient (Wildman–Crippen LogP) is 5.32. The van der Waals surface area contributed by atoms with Gasteiger partial charge in [0.1, 0.15) is 0 Å². The number of halogens is 2. The lowest BCUT2D eigenvalue weighted by atomic mass is 10.0. The molecule has 4 nitrogen and oxygen atoms in total. The van der Waals surface area contributed by atoms with Gasteiger partial charge < -0.3 is 4.90 Å². The van der Waals surface area contributed by atoms with Crippen molar-refractivity contribution in [3.63, 3.8) is 0 Å². The molecule has 6 heteroatoms. The van der Waals surface area contributed by atoms with Crippen LogP contribution >= 0.6 is 23.2 Å². The number of amides is 1. The van der Waals surface area contributed by atoms with Gasteiger partial charge in [-0.05, 0) is 50.3 Å². The van der Waals surface area contributed by atoms with Crippen molar-refractivity contribution >= 4 is 29.1 Å². The number of hydrogen-bond acceptors (Lipinski definition) is 2. The summed E-state index contributed by atoms with van der Waals surface area (Å²) in [5, 5.41) is 5.80. The Labute approximate surface area is 165 Å². The molecule has 0 unspecified atom stereocenters. The highest BCUT2D eigenvalue weighted by atomic mass is 35.5. The third kappa shape index (κ3) is 3.77. The van der Waals surface area contributed by atoms with Crippen molar-refractivity contribution in [2.45, 2.75) is 52.4 Å². The summed E-state index contributed by atoms with van der Waals surface area (Å²) in [5.74, 6) is 0.122. The first-order valence-corrected chi connectivity index (χ1v) is 10.2. The maximum Gasteiger partial charge on any atom is 0.257 e. The molecular formula is C20H25Cl2N3O. The van der Waals surface area contributed by atoms with Crippen LogP contribution in [0.3, 0.4) is 0 Å². The molecule has 1 aliphatic heterocycles. The van der Waals surface area contributed by atoms with Crippen molar-refractivity contribution in [3.8, 4) is 5.69 Å². The van der Waals surface area contributed by atoms with Crippen molar-refractivity contribution in [1.29, 1.82) is 0 Å². The Kier molecular flexibility index (Phi) is 6.25. The van der Waals surface area contributed by atoms with Crippen LogP contribution in [0.5, 0.6) is 0 Å². The Morgan fingerprint density at radius 3 is 2.46 bits per heavy atom. The zero-order chi connectivity index (χ0) is 18.7. The second-order valence-electron chi connectivity index (χ2n) is 6.74. The van der Waals surface area contributed by atoms with Gasteiger partial charge in [0.25, 0.3) is 5.91 Å². The topological polar surface area (TPSA) is 38.1 Å². The van der Waals surface area contributed by atoms with Gasteiger partial charge in [-0.3, -0.25) is 4.79 Å². The van der Waals surface area contributed by atoms with Crippen molar-refractivity contribution in [2.24, 2.45) is 0 Å². The minimum Gasteiger partial charge on any atom is -0.339 e. The summed E-state index contributed by atoms with van der Waals surface area (Å²) in [7, 11) is 0. The Bertz CT molecular complexity index is 795. The van der Waals surface area contributed by atoms with E-state index in [2.05, 4.69) is 13.8 Å². The number of nitrogens with zero attached hydrogens (tertiary/aromatic N) is 3. The zero-order valence-electron chi connectivity index (χ0n) is 15.4. The van der Waals surface area contributed by atoms with E-state index in [1.807, 2.05) is 15.6 Å². The SMILES string of the molecule is CCCc1nn(-c2ccc(Cl)c(Cl)c2)c(CC)c1C(=O)N1CCCCC1. The first kappa shape index (κ1) is 19.2. The number of carbonyl (C=O) groups is 1. The average Bonchev–Trinajstić information content (AvgIpc) is 3.02. The summed E-state index contributed by atoms with van der Waals surface area (Å²) in [5.41, 5.74) is 3.45. The Morgan fingerprint density at radius 2 is 1.85 bits per heavy atom. The molecule has 1 aliphatic rings. The molecule has 0 saturated carbocycles. The number of rotatable bonds is 5. The van der Waals surface area contributed by atoms with Gasteiger partial charge in [0.05, 0.1) is 32.7 Å². The van der Waals surface area contributed by atoms with Gasteiger partial charge in [-0.2, -0.15) is 5.10 Å². The molecule has 0 N–H and O–H groups in total. The second-order valence-corrected chi connectivity index (χ2v) is 7.55. The molecule has 1 saturated heterocycles. The molecule has 140 valence electrons. The highest BCUT2D eigenvalue weighted by Gasteiger charge is 2.27. The van der Waals surface area contributed by atoms with Gasteiger partial charge in [0.2, 0.25) is 0 Å². The summed E-state index contributed by atoms with van der Waals surface area (Å²) < 4.78 is 1.87. The van der Waals surface area contributed by atoms with Crippen molar-refractivity contribution in [1.82, 2.24) is 14.7 Å². The standard InChI is InChI=1S/C20H25Cl2N3O/c1-3-8-17-19(20(26)24-11-6-5-7-12-24)18(4-2)25(23-17)14-9-10-15(21)16(22)13-14/h9-10,13H,3-8,11-12H2,1-2H3. The van der Waals surface area contributed by atoms with Crippen LogP contribution in [0.15, 0.2) is 18.2 Å². The van der Waals surface area contributed by atoms with Gasteiger partial charge in [-0.1, -0.05) is 43.5 Å². The van der Waals surface area contributed by atoms with Crippen LogP contribution in [0.1, 0.15) is 61.3 Å². The number of likely N-dealkylation sites (tertiary alicyclic amines) is 1. The molecular weight excluding hydrogens is 369 g/mol. The number of benzene rings is 1. The molecule has 1 fully saturated rings. The minimum absolute atomic E-state index is 0.122. The summed E-state index contributed by atoms with van der Waals surface area (Å²) in [6.45, 7) is 5.85. The third-order valence-corrected chi connectivity index (χ3v) is 5.62. The van der Waals surface area contributed by atoms with Gasteiger partial charge in [-0.15, -0.1) is 0 Å². The molecule has 1 aromatic carbocycles. The van der Waals surface area contributed by atoms with E-state index in [4.69, 9.17) is 28.3 Å². The highest BCUT2D eigenvalue weighted by molar-refractivity contribution is 6.42. The van der Waals surface area contributed by atoms with Crippen molar-refractivity contribution in [3.05, 3.63) is 45.2 Å². The van der Waals surface area contributed by atoms with Gasteiger partial charge in [-0.25, -0.2) is 4.68 Å². The molecule has 0 radical (unpaired) electrons. The molecule has 1 aromatic heterocycles. The molecule has 1 amide bonds. The fraction of sp³-hybridized carbons (Fsp3) is 0.500. The number of aromatic nitrogens is 2. The normalized spacial score (nSPS) is 14.7. The summed E-state index contributed by atoms with van der Waals surface area (Å²) in [4.78, 5) is 15.3. The molecule has 0 spiro atoms. The van der Waals surface area contributed by atoms with E-state index in [-0.39, 0.29) is 5.91 Å². The van der Waals surface area contributed by atoms with Crippen LogP contribution in [0, 0.1) is 0 Å². The maximum atomic E-state index is 13.3. The Hall–Kier alpha value is -1.52. The van der Waals surface area contributed by atoms with E-state index in [1.165, 1.54) is 6.42 Å². The fourth-order valence-electron chi connectivity index (χ4n) is 3.57. The monoisotopic (exact) mass is 393 g/mol.